The minimum Gasteiger partial charge on any atom is -0.486 e. The van der Waals surface area contributed by atoms with Gasteiger partial charge in [0.15, 0.2) is 10.9 Å². The van der Waals surface area contributed by atoms with Crippen LogP contribution in [-0.2, 0) is 11.4 Å². The third-order valence-electron chi connectivity index (χ3n) is 3.25. The molecule has 0 unspecified atom stereocenters. The SMILES string of the molecule is NC1=NC(=O)/C(=C/c2cc(Cl)c(OCc3ccc(Cl)cc3)c(Cl)c2)S1. The quantitative estimate of drug-likeness (QED) is 0.704. The molecule has 2 N–H and O–H groups in total. The van der Waals surface area contributed by atoms with Crippen molar-refractivity contribution in [2.24, 2.45) is 10.7 Å². The predicted octanol–water partition coefficient (Wildman–Crippen LogP) is 5.15. The molecule has 0 aliphatic carbocycles. The fourth-order valence-corrected chi connectivity index (χ4v) is 3.53. The number of carbonyl (C=O) groups is 1. The van der Waals surface area contributed by atoms with Gasteiger partial charge < -0.3 is 10.5 Å². The summed E-state index contributed by atoms with van der Waals surface area (Å²) in [6, 6.07) is 10.6. The van der Waals surface area contributed by atoms with E-state index >= 15 is 0 Å². The Hall–Kier alpha value is -1.66. The smallest absolute Gasteiger partial charge is 0.286 e. The number of nitrogens with two attached hydrogens (primary N) is 1. The predicted molar refractivity (Wildman–Crippen MR) is 104 cm³/mol. The number of benzene rings is 2. The van der Waals surface area contributed by atoms with Gasteiger partial charge in [0.2, 0.25) is 0 Å². The molecule has 1 aliphatic heterocycles. The van der Waals surface area contributed by atoms with Crippen LogP contribution in [0.4, 0.5) is 0 Å². The van der Waals surface area contributed by atoms with Gasteiger partial charge in [0.1, 0.15) is 6.61 Å². The number of amidine groups is 1. The Kier molecular flexibility index (Phi) is 5.59. The Balaban J connectivity index is 1.77. The molecule has 8 heteroatoms. The molecule has 4 nitrogen and oxygen atoms in total. The Bertz CT molecular complexity index is 872. The second-order valence-corrected chi connectivity index (χ2v) is 7.41. The van der Waals surface area contributed by atoms with E-state index in [0.717, 1.165) is 17.3 Å². The summed E-state index contributed by atoms with van der Waals surface area (Å²) in [6.07, 6.45) is 1.64. The molecular weight excluding hydrogens is 403 g/mol. The summed E-state index contributed by atoms with van der Waals surface area (Å²) in [4.78, 5) is 15.7. The highest BCUT2D eigenvalue weighted by atomic mass is 35.5. The average molecular weight is 414 g/mol. The average Bonchev–Trinajstić information content (AvgIpc) is 2.86. The lowest BCUT2D eigenvalue weighted by Gasteiger charge is -2.11. The van der Waals surface area contributed by atoms with Crippen molar-refractivity contribution in [2.45, 2.75) is 6.61 Å². The van der Waals surface area contributed by atoms with Crippen molar-refractivity contribution < 1.29 is 9.53 Å². The zero-order valence-electron chi connectivity index (χ0n) is 12.6. The molecule has 0 spiro atoms. The largest absolute Gasteiger partial charge is 0.486 e. The number of ether oxygens (including phenoxy) is 1. The Morgan fingerprint density at radius 3 is 2.32 bits per heavy atom. The molecule has 2 aromatic rings. The minimum absolute atomic E-state index is 0.219. The van der Waals surface area contributed by atoms with Crippen molar-refractivity contribution in [1.29, 1.82) is 0 Å². The fourth-order valence-electron chi connectivity index (χ4n) is 2.11. The minimum atomic E-state index is -0.377. The third-order valence-corrected chi connectivity index (χ3v) is 4.88. The Morgan fingerprint density at radius 2 is 1.76 bits per heavy atom. The first kappa shape index (κ1) is 18.1. The van der Waals surface area contributed by atoms with E-state index < -0.39 is 0 Å². The van der Waals surface area contributed by atoms with Gasteiger partial charge in [-0.3, -0.25) is 4.79 Å². The maximum atomic E-state index is 11.7. The number of hydrogen-bond acceptors (Lipinski definition) is 4. The molecule has 25 heavy (non-hydrogen) atoms. The molecule has 1 aliphatic rings. The lowest BCUT2D eigenvalue weighted by Crippen LogP contribution is -2.01. The molecule has 128 valence electrons. The van der Waals surface area contributed by atoms with Crippen LogP contribution in [0.15, 0.2) is 46.3 Å². The van der Waals surface area contributed by atoms with E-state index in [1.807, 2.05) is 12.1 Å². The van der Waals surface area contributed by atoms with Crippen LogP contribution in [0, 0.1) is 0 Å². The van der Waals surface area contributed by atoms with Crippen LogP contribution in [0.25, 0.3) is 6.08 Å². The van der Waals surface area contributed by atoms with Crippen molar-refractivity contribution in [1.82, 2.24) is 0 Å². The van der Waals surface area contributed by atoms with Gasteiger partial charge in [-0.1, -0.05) is 46.9 Å². The van der Waals surface area contributed by atoms with Crippen molar-refractivity contribution in [3.05, 3.63) is 67.5 Å². The molecule has 2 aromatic carbocycles. The molecule has 0 saturated carbocycles. The molecule has 3 rings (SSSR count). The summed E-state index contributed by atoms with van der Waals surface area (Å²) < 4.78 is 5.71. The standard InChI is InChI=1S/C17H11Cl3N2O2S/c18-11-3-1-9(2-4-11)8-24-15-12(19)5-10(6-13(15)20)7-14-16(23)22-17(21)25-14/h1-7H,8H2,(H2,21,22,23)/b14-7-. The van der Waals surface area contributed by atoms with Gasteiger partial charge in [-0.25, -0.2) is 0 Å². The van der Waals surface area contributed by atoms with E-state index in [4.69, 9.17) is 45.3 Å². The number of carbonyl (C=O) groups excluding carboxylic acids is 1. The first-order chi connectivity index (χ1) is 11.9. The molecule has 1 heterocycles. The summed E-state index contributed by atoms with van der Waals surface area (Å²) in [5.41, 5.74) is 7.12. The van der Waals surface area contributed by atoms with E-state index in [2.05, 4.69) is 4.99 Å². The number of nitrogens with zero attached hydrogens (tertiary/aromatic N) is 1. The van der Waals surface area contributed by atoms with Crippen molar-refractivity contribution in [2.75, 3.05) is 0 Å². The lowest BCUT2D eigenvalue weighted by atomic mass is 10.2. The van der Waals surface area contributed by atoms with E-state index in [-0.39, 0.29) is 11.1 Å². The summed E-state index contributed by atoms with van der Waals surface area (Å²) in [6.45, 7) is 0.301. The van der Waals surface area contributed by atoms with Crippen LogP contribution in [0.5, 0.6) is 5.75 Å². The third kappa shape index (κ3) is 4.50. The normalized spacial score (nSPS) is 15.6. The van der Waals surface area contributed by atoms with Crippen LogP contribution in [0.2, 0.25) is 15.1 Å². The maximum Gasteiger partial charge on any atom is 0.286 e. The maximum absolute atomic E-state index is 11.7. The van der Waals surface area contributed by atoms with Crippen LogP contribution >= 0.6 is 46.6 Å². The van der Waals surface area contributed by atoms with Gasteiger partial charge in [-0.15, -0.1) is 0 Å². The molecule has 0 atom stereocenters. The van der Waals surface area contributed by atoms with Gasteiger partial charge in [-0.2, -0.15) is 4.99 Å². The molecule has 0 bridgehead atoms. The van der Waals surface area contributed by atoms with Gasteiger partial charge in [0, 0.05) is 5.02 Å². The number of rotatable bonds is 4. The highest BCUT2D eigenvalue weighted by Crippen LogP contribution is 2.36. The molecule has 0 saturated heterocycles. The van der Waals surface area contributed by atoms with Gasteiger partial charge >= 0.3 is 0 Å². The number of amides is 1. The molecule has 1 amide bonds. The summed E-state index contributed by atoms with van der Waals surface area (Å²) in [5.74, 6) is -0.000548. The van der Waals surface area contributed by atoms with E-state index in [1.165, 1.54) is 0 Å². The van der Waals surface area contributed by atoms with Crippen LogP contribution in [-0.4, -0.2) is 11.1 Å². The zero-order valence-corrected chi connectivity index (χ0v) is 15.7. The van der Waals surface area contributed by atoms with E-state index in [1.54, 1.807) is 30.3 Å². The number of aliphatic imine (C=N–C) groups is 1. The van der Waals surface area contributed by atoms with Crippen LogP contribution in [0.3, 0.4) is 0 Å². The second kappa shape index (κ2) is 7.70. The molecular formula is C17H11Cl3N2O2S. The van der Waals surface area contributed by atoms with Gasteiger partial charge in [0.05, 0.1) is 15.0 Å². The fraction of sp³-hybridized carbons (Fsp3) is 0.0588. The molecule has 0 radical (unpaired) electrons. The van der Waals surface area contributed by atoms with Crippen molar-refractivity contribution in [3.63, 3.8) is 0 Å². The van der Waals surface area contributed by atoms with E-state index in [0.29, 0.717) is 37.9 Å². The Labute approximate surface area is 163 Å². The van der Waals surface area contributed by atoms with Crippen LogP contribution in [0.1, 0.15) is 11.1 Å². The lowest BCUT2D eigenvalue weighted by molar-refractivity contribution is -0.113. The topological polar surface area (TPSA) is 64.7 Å². The van der Waals surface area contributed by atoms with Crippen LogP contribution < -0.4 is 10.5 Å². The molecule has 0 aromatic heterocycles. The first-order valence-electron chi connectivity index (χ1n) is 7.06. The molecule has 0 fully saturated rings. The number of hydrogen-bond donors (Lipinski definition) is 1. The Morgan fingerprint density at radius 1 is 1.12 bits per heavy atom. The number of halogens is 3. The summed E-state index contributed by atoms with van der Waals surface area (Å²) in [5, 5.41) is 1.56. The summed E-state index contributed by atoms with van der Waals surface area (Å²) in [7, 11) is 0. The highest BCUT2D eigenvalue weighted by molar-refractivity contribution is 8.18. The first-order valence-corrected chi connectivity index (χ1v) is 9.02. The highest BCUT2D eigenvalue weighted by Gasteiger charge is 2.20. The van der Waals surface area contributed by atoms with Crippen molar-refractivity contribution in [3.8, 4) is 5.75 Å². The van der Waals surface area contributed by atoms with Gasteiger partial charge in [0.25, 0.3) is 5.91 Å². The second-order valence-electron chi connectivity index (χ2n) is 5.09. The van der Waals surface area contributed by atoms with E-state index in [9.17, 15) is 4.79 Å². The zero-order chi connectivity index (χ0) is 18.0. The number of thioether (sulfide) groups is 1. The van der Waals surface area contributed by atoms with Crippen molar-refractivity contribution >= 4 is 63.7 Å². The van der Waals surface area contributed by atoms with Gasteiger partial charge in [-0.05, 0) is 53.2 Å². The monoisotopic (exact) mass is 412 g/mol. The summed E-state index contributed by atoms with van der Waals surface area (Å²) >= 11 is 19.5.